The fourth-order valence-electron chi connectivity index (χ4n) is 3.37. The molecule has 4 nitrogen and oxygen atoms in total. The van der Waals surface area contributed by atoms with Gasteiger partial charge in [-0.25, -0.2) is 4.79 Å². The fourth-order valence-corrected chi connectivity index (χ4v) is 3.37. The molecule has 2 N–H and O–H groups in total. The van der Waals surface area contributed by atoms with Crippen molar-refractivity contribution in [2.24, 2.45) is 11.7 Å². The Morgan fingerprint density at radius 3 is 2.61 bits per heavy atom. The predicted octanol–water partition coefficient (Wildman–Crippen LogP) is 2.51. The highest BCUT2D eigenvalue weighted by atomic mass is 16.6. The molecule has 0 aromatic rings. The minimum absolute atomic E-state index is 0.174. The average Bonchev–Trinajstić information content (AvgIpc) is 2.64. The van der Waals surface area contributed by atoms with Crippen LogP contribution in [0.3, 0.4) is 0 Å². The summed E-state index contributed by atoms with van der Waals surface area (Å²) in [5, 5.41) is 0. The molecule has 1 amide bonds. The van der Waals surface area contributed by atoms with Crippen LogP contribution < -0.4 is 5.73 Å². The summed E-state index contributed by atoms with van der Waals surface area (Å²) in [6, 6.07) is 0.537. The highest BCUT2D eigenvalue weighted by molar-refractivity contribution is 5.69. The standard InChI is InChI=1S/C14H26N2O2/c1-14(2,3)18-13(17)16-11(9-15)8-10-6-4-5-7-12(10)16/h10-12H,4-9,15H2,1-3H3/t10-,11+,12-/m0/s1. The van der Waals surface area contributed by atoms with Crippen molar-refractivity contribution in [3.05, 3.63) is 0 Å². The lowest BCUT2D eigenvalue weighted by atomic mass is 9.85. The van der Waals surface area contributed by atoms with Crippen LogP contribution in [0.2, 0.25) is 0 Å². The molecule has 0 bridgehead atoms. The molecule has 4 heteroatoms. The van der Waals surface area contributed by atoms with Crippen LogP contribution in [-0.4, -0.2) is 35.2 Å². The smallest absolute Gasteiger partial charge is 0.410 e. The van der Waals surface area contributed by atoms with Crippen molar-refractivity contribution >= 4 is 6.09 Å². The van der Waals surface area contributed by atoms with Crippen molar-refractivity contribution in [1.82, 2.24) is 4.90 Å². The Morgan fingerprint density at radius 2 is 2.00 bits per heavy atom. The van der Waals surface area contributed by atoms with Gasteiger partial charge >= 0.3 is 6.09 Å². The molecule has 1 saturated heterocycles. The van der Waals surface area contributed by atoms with E-state index in [0.29, 0.717) is 18.5 Å². The van der Waals surface area contributed by atoms with Gasteiger partial charge in [-0.3, -0.25) is 0 Å². The Balaban J connectivity index is 2.10. The lowest BCUT2D eigenvalue weighted by Gasteiger charge is -2.35. The normalized spacial score (nSPS) is 32.2. The quantitative estimate of drug-likeness (QED) is 0.782. The first-order chi connectivity index (χ1) is 8.42. The highest BCUT2D eigenvalue weighted by Crippen LogP contribution is 2.40. The molecule has 2 aliphatic rings. The van der Waals surface area contributed by atoms with Crippen LogP contribution in [0.25, 0.3) is 0 Å². The van der Waals surface area contributed by atoms with E-state index in [1.165, 1.54) is 19.3 Å². The van der Waals surface area contributed by atoms with Gasteiger partial charge in [0.1, 0.15) is 5.60 Å². The summed E-state index contributed by atoms with van der Waals surface area (Å²) in [6.45, 7) is 6.29. The Morgan fingerprint density at radius 1 is 1.33 bits per heavy atom. The lowest BCUT2D eigenvalue weighted by molar-refractivity contribution is 0.0111. The first-order valence-electron chi connectivity index (χ1n) is 7.14. The number of fused-ring (bicyclic) bond motifs is 1. The molecule has 3 atom stereocenters. The Hall–Kier alpha value is -0.770. The van der Waals surface area contributed by atoms with Gasteiger partial charge in [-0.05, 0) is 46.0 Å². The van der Waals surface area contributed by atoms with E-state index in [2.05, 4.69) is 0 Å². The van der Waals surface area contributed by atoms with E-state index in [-0.39, 0.29) is 12.1 Å². The Bertz CT molecular complexity index is 311. The number of likely N-dealkylation sites (tertiary alicyclic amines) is 1. The summed E-state index contributed by atoms with van der Waals surface area (Å²) in [4.78, 5) is 14.3. The van der Waals surface area contributed by atoms with Gasteiger partial charge in [0.05, 0.1) is 0 Å². The summed E-state index contributed by atoms with van der Waals surface area (Å²) < 4.78 is 5.53. The maximum Gasteiger partial charge on any atom is 0.410 e. The van der Waals surface area contributed by atoms with Crippen molar-refractivity contribution in [3.8, 4) is 0 Å². The number of hydrogen-bond donors (Lipinski definition) is 1. The van der Waals surface area contributed by atoms with E-state index in [9.17, 15) is 4.79 Å². The van der Waals surface area contributed by atoms with Gasteiger partial charge in [-0.15, -0.1) is 0 Å². The number of rotatable bonds is 1. The summed E-state index contributed by atoms with van der Waals surface area (Å²) in [5.74, 6) is 0.639. The van der Waals surface area contributed by atoms with E-state index in [1.807, 2.05) is 25.7 Å². The van der Waals surface area contributed by atoms with E-state index < -0.39 is 5.60 Å². The van der Waals surface area contributed by atoms with E-state index >= 15 is 0 Å². The molecule has 1 heterocycles. The van der Waals surface area contributed by atoms with Gasteiger partial charge in [-0.2, -0.15) is 0 Å². The zero-order chi connectivity index (χ0) is 13.3. The molecule has 18 heavy (non-hydrogen) atoms. The van der Waals surface area contributed by atoms with Crippen LogP contribution in [0, 0.1) is 5.92 Å². The molecule has 104 valence electrons. The maximum absolute atomic E-state index is 12.3. The van der Waals surface area contributed by atoms with Gasteiger partial charge in [0.2, 0.25) is 0 Å². The second kappa shape index (κ2) is 5.08. The van der Waals surface area contributed by atoms with Crippen molar-refractivity contribution in [1.29, 1.82) is 0 Å². The number of ether oxygens (including phenoxy) is 1. The number of carbonyl (C=O) groups is 1. The van der Waals surface area contributed by atoms with Crippen LogP contribution >= 0.6 is 0 Å². The molecule has 0 spiro atoms. The molecule has 0 radical (unpaired) electrons. The van der Waals surface area contributed by atoms with Crippen LogP contribution in [0.4, 0.5) is 4.79 Å². The number of carbonyl (C=O) groups excluding carboxylic acids is 1. The molecule has 2 fully saturated rings. The SMILES string of the molecule is CC(C)(C)OC(=O)N1[C@@H](CN)C[C@@H]2CCCC[C@@H]21. The molecule has 1 aliphatic carbocycles. The molecule has 1 saturated carbocycles. The van der Waals surface area contributed by atoms with E-state index in [4.69, 9.17) is 10.5 Å². The minimum Gasteiger partial charge on any atom is -0.444 e. The Labute approximate surface area is 110 Å². The van der Waals surface area contributed by atoms with E-state index in [1.54, 1.807) is 0 Å². The topological polar surface area (TPSA) is 55.6 Å². The molecule has 0 aromatic carbocycles. The van der Waals surface area contributed by atoms with Gasteiger partial charge in [0, 0.05) is 18.6 Å². The second-order valence-corrected chi connectivity index (χ2v) is 6.62. The van der Waals surface area contributed by atoms with Crippen molar-refractivity contribution in [2.45, 2.75) is 70.6 Å². The molecule has 0 unspecified atom stereocenters. The number of hydrogen-bond acceptors (Lipinski definition) is 3. The summed E-state index contributed by atoms with van der Waals surface area (Å²) >= 11 is 0. The van der Waals surface area contributed by atoms with Crippen molar-refractivity contribution < 1.29 is 9.53 Å². The average molecular weight is 254 g/mol. The summed E-state index contributed by atoms with van der Waals surface area (Å²) in [5.41, 5.74) is 5.40. The third-order valence-corrected chi connectivity index (χ3v) is 4.07. The van der Waals surface area contributed by atoms with Crippen LogP contribution in [0.5, 0.6) is 0 Å². The zero-order valence-electron chi connectivity index (χ0n) is 11.8. The van der Waals surface area contributed by atoms with Crippen molar-refractivity contribution in [3.63, 3.8) is 0 Å². The molecular formula is C14H26N2O2. The van der Waals surface area contributed by atoms with Crippen molar-refractivity contribution in [2.75, 3.05) is 6.54 Å². The second-order valence-electron chi connectivity index (χ2n) is 6.62. The largest absolute Gasteiger partial charge is 0.444 e. The molecular weight excluding hydrogens is 228 g/mol. The maximum atomic E-state index is 12.3. The van der Waals surface area contributed by atoms with Crippen LogP contribution in [0.15, 0.2) is 0 Å². The summed E-state index contributed by atoms with van der Waals surface area (Å²) in [7, 11) is 0. The fraction of sp³-hybridized carbons (Fsp3) is 0.929. The van der Waals surface area contributed by atoms with Gasteiger partial charge < -0.3 is 15.4 Å². The monoisotopic (exact) mass is 254 g/mol. The molecule has 1 aliphatic heterocycles. The first kappa shape index (κ1) is 13.7. The van der Waals surface area contributed by atoms with E-state index in [0.717, 1.165) is 12.8 Å². The van der Waals surface area contributed by atoms with Gasteiger partial charge in [0.25, 0.3) is 0 Å². The zero-order valence-corrected chi connectivity index (χ0v) is 11.8. The third-order valence-electron chi connectivity index (χ3n) is 4.07. The van der Waals surface area contributed by atoms with Crippen LogP contribution in [-0.2, 0) is 4.74 Å². The number of nitrogens with zero attached hydrogens (tertiary/aromatic N) is 1. The number of amides is 1. The third kappa shape index (κ3) is 2.79. The highest BCUT2D eigenvalue weighted by Gasteiger charge is 2.45. The van der Waals surface area contributed by atoms with Gasteiger partial charge in [0.15, 0.2) is 0 Å². The number of nitrogens with two attached hydrogens (primary N) is 1. The van der Waals surface area contributed by atoms with Crippen LogP contribution in [0.1, 0.15) is 52.9 Å². The minimum atomic E-state index is -0.428. The lowest BCUT2D eigenvalue weighted by Crippen LogP contribution is -2.47. The Kier molecular flexibility index (Phi) is 3.85. The first-order valence-corrected chi connectivity index (χ1v) is 7.14. The predicted molar refractivity (Wildman–Crippen MR) is 71.3 cm³/mol. The summed E-state index contributed by atoms with van der Waals surface area (Å²) in [6.07, 6.45) is 5.74. The molecule has 2 rings (SSSR count). The van der Waals surface area contributed by atoms with Gasteiger partial charge in [-0.1, -0.05) is 12.8 Å². The molecule has 0 aromatic heterocycles.